The van der Waals surface area contributed by atoms with E-state index in [1.54, 1.807) is 6.92 Å². The van der Waals surface area contributed by atoms with Crippen LogP contribution in [0, 0.1) is 0 Å². The van der Waals surface area contributed by atoms with Crippen molar-refractivity contribution in [2.75, 3.05) is 0 Å². The van der Waals surface area contributed by atoms with Crippen LogP contribution in [0.15, 0.2) is 0 Å². The van der Waals surface area contributed by atoms with Gasteiger partial charge >= 0.3 is 0 Å². The third-order valence-corrected chi connectivity index (χ3v) is 5.06. The lowest BCUT2D eigenvalue weighted by Gasteiger charge is -2.45. The van der Waals surface area contributed by atoms with E-state index in [2.05, 4.69) is 23.6 Å². The lowest BCUT2D eigenvalue weighted by Crippen LogP contribution is -2.54. The summed E-state index contributed by atoms with van der Waals surface area (Å²) in [6.07, 6.45) is 7.58. The molecule has 3 nitrogen and oxygen atoms in total. The largest absolute Gasteiger partial charge is 0.337 e. The number of piperidine rings is 1. The lowest BCUT2D eigenvalue weighted by atomic mass is 9.94. The van der Waals surface area contributed by atoms with E-state index < -0.39 is 0 Å². The van der Waals surface area contributed by atoms with Crippen molar-refractivity contribution in [1.82, 2.24) is 9.80 Å². The molecule has 1 amide bonds. The number of nitrogens with zero attached hydrogens (tertiary/aromatic N) is 2. The average Bonchev–Trinajstić information content (AvgIpc) is 3.05. The highest BCUT2D eigenvalue weighted by Crippen LogP contribution is 2.41. The Hall–Kier alpha value is -0.570. The fourth-order valence-electron chi connectivity index (χ4n) is 4.42. The van der Waals surface area contributed by atoms with Crippen molar-refractivity contribution in [1.29, 1.82) is 0 Å². The van der Waals surface area contributed by atoms with Crippen molar-refractivity contribution in [2.45, 2.75) is 89.5 Å². The molecular weight excluding hydrogens is 224 g/mol. The van der Waals surface area contributed by atoms with E-state index in [9.17, 15) is 4.79 Å². The van der Waals surface area contributed by atoms with Gasteiger partial charge in [-0.25, -0.2) is 0 Å². The van der Waals surface area contributed by atoms with Crippen LogP contribution in [0.1, 0.15) is 59.3 Å². The molecule has 0 aromatic rings. The first-order chi connectivity index (χ1) is 8.58. The minimum absolute atomic E-state index is 0.305. The Morgan fingerprint density at radius 2 is 1.61 bits per heavy atom. The van der Waals surface area contributed by atoms with Gasteiger partial charge in [-0.3, -0.25) is 9.69 Å². The Labute approximate surface area is 111 Å². The number of amides is 1. The van der Waals surface area contributed by atoms with Crippen molar-refractivity contribution >= 4 is 5.91 Å². The standard InChI is InChI=1S/C15H26N2O/c1-10(2)16-13-6-7-14(16)9-15(8-13)17(11(3)18)12-4-5-12/h10,12-15H,4-9H2,1-3H3. The molecule has 3 fully saturated rings. The Bertz CT molecular complexity index is 323. The first kappa shape index (κ1) is 12.5. The van der Waals surface area contributed by atoms with E-state index in [1.165, 1.54) is 38.5 Å². The summed E-state index contributed by atoms with van der Waals surface area (Å²) >= 11 is 0. The van der Waals surface area contributed by atoms with Gasteiger partial charge in [0.1, 0.15) is 0 Å². The minimum Gasteiger partial charge on any atom is -0.337 e. The van der Waals surface area contributed by atoms with Gasteiger partial charge in [0, 0.05) is 37.1 Å². The van der Waals surface area contributed by atoms with Crippen molar-refractivity contribution in [3.05, 3.63) is 0 Å². The van der Waals surface area contributed by atoms with Crippen molar-refractivity contribution in [2.24, 2.45) is 0 Å². The van der Waals surface area contributed by atoms with Crippen LogP contribution in [0.2, 0.25) is 0 Å². The first-order valence-corrected chi connectivity index (χ1v) is 7.64. The number of fused-ring (bicyclic) bond motifs is 2. The summed E-state index contributed by atoms with van der Waals surface area (Å²) in [6, 6.07) is 3.24. The summed E-state index contributed by atoms with van der Waals surface area (Å²) < 4.78 is 0. The number of rotatable bonds is 3. The summed E-state index contributed by atoms with van der Waals surface area (Å²) in [5, 5.41) is 0. The topological polar surface area (TPSA) is 23.6 Å². The van der Waals surface area contributed by atoms with Crippen LogP contribution in [0.25, 0.3) is 0 Å². The van der Waals surface area contributed by atoms with Crippen LogP contribution in [0.5, 0.6) is 0 Å². The highest BCUT2D eigenvalue weighted by atomic mass is 16.2. The van der Waals surface area contributed by atoms with E-state index in [0.717, 1.165) is 12.1 Å². The molecular formula is C15H26N2O. The van der Waals surface area contributed by atoms with Crippen LogP contribution in [0.4, 0.5) is 0 Å². The maximum Gasteiger partial charge on any atom is 0.219 e. The van der Waals surface area contributed by atoms with E-state index >= 15 is 0 Å². The molecule has 0 radical (unpaired) electrons. The summed E-state index contributed by atoms with van der Waals surface area (Å²) in [4.78, 5) is 16.8. The molecule has 2 saturated heterocycles. The predicted octanol–water partition coefficient (Wildman–Crippen LogP) is 2.40. The summed E-state index contributed by atoms with van der Waals surface area (Å²) in [7, 11) is 0. The molecule has 18 heavy (non-hydrogen) atoms. The van der Waals surface area contributed by atoms with E-state index in [1.807, 2.05) is 0 Å². The first-order valence-electron chi connectivity index (χ1n) is 7.64. The second-order valence-corrected chi connectivity index (χ2v) is 6.71. The van der Waals surface area contributed by atoms with Gasteiger partial charge in [-0.15, -0.1) is 0 Å². The molecule has 0 aromatic carbocycles. The summed E-state index contributed by atoms with van der Waals surface area (Å²) in [5.74, 6) is 0.305. The van der Waals surface area contributed by atoms with Gasteiger partial charge in [-0.2, -0.15) is 0 Å². The van der Waals surface area contributed by atoms with Crippen LogP contribution >= 0.6 is 0 Å². The van der Waals surface area contributed by atoms with Gasteiger partial charge in [0.2, 0.25) is 5.91 Å². The molecule has 1 saturated carbocycles. The Morgan fingerprint density at radius 3 is 2.00 bits per heavy atom. The molecule has 3 heteroatoms. The molecule has 102 valence electrons. The van der Waals surface area contributed by atoms with Crippen LogP contribution in [0.3, 0.4) is 0 Å². The van der Waals surface area contributed by atoms with E-state index in [-0.39, 0.29) is 0 Å². The van der Waals surface area contributed by atoms with Crippen molar-refractivity contribution < 1.29 is 4.79 Å². The molecule has 3 aliphatic rings. The zero-order valence-electron chi connectivity index (χ0n) is 11.9. The van der Waals surface area contributed by atoms with Crippen LogP contribution in [-0.4, -0.2) is 45.9 Å². The van der Waals surface area contributed by atoms with Gasteiger partial charge in [0.05, 0.1) is 0 Å². The number of carbonyl (C=O) groups excluding carboxylic acids is 1. The maximum atomic E-state index is 11.9. The molecule has 3 rings (SSSR count). The molecule has 2 heterocycles. The second kappa shape index (κ2) is 4.52. The van der Waals surface area contributed by atoms with Gasteiger partial charge in [-0.1, -0.05) is 0 Å². The van der Waals surface area contributed by atoms with Crippen LogP contribution in [-0.2, 0) is 4.79 Å². The quantitative estimate of drug-likeness (QED) is 0.768. The highest BCUT2D eigenvalue weighted by molar-refractivity contribution is 5.74. The molecule has 0 N–H and O–H groups in total. The van der Waals surface area contributed by atoms with Crippen molar-refractivity contribution in [3.8, 4) is 0 Å². The third kappa shape index (κ3) is 2.07. The second-order valence-electron chi connectivity index (χ2n) is 6.71. The Morgan fingerprint density at radius 1 is 1.06 bits per heavy atom. The Balaban J connectivity index is 1.72. The van der Waals surface area contributed by atoms with Gasteiger partial charge in [-0.05, 0) is 52.4 Å². The summed E-state index contributed by atoms with van der Waals surface area (Å²) in [5.41, 5.74) is 0. The smallest absolute Gasteiger partial charge is 0.219 e. The highest BCUT2D eigenvalue weighted by Gasteiger charge is 2.46. The molecule has 2 atom stereocenters. The van der Waals surface area contributed by atoms with E-state index in [0.29, 0.717) is 24.0 Å². The minimum atomic E-state index is 0.305. The molecule has 2 bridgehead atoms. The molecule has 0 aromatic heterocycles. The zero-order chi connectivity index (χ0) is 12.9. The molecule has 0 spiro atoms. The molecule has 2 aliphatic heterocycles. The number of hydrogen-bond acceptors (Lipinski definition) is 2. The average molecular weight is 250 g/mol. The van der Waals surface area contributed by atoms with Crippen LogP contribution < -0.4 is 0 Å². The van der Waals surface area contributed by atoms with E-state index in [4.69, 9.17) is 0 Å². The molecule has 1 aliphatic carbocycles. The predicted molar refractivity (Wildman–Crippen MR) is 72.3 cm³/mol. The fourth-order valence-corrected chi connectivity index (χ4v) is 4.42. The monoisotopic (exact) mass is 250 g/mol. The van der Waals surface area contributed by atoms with Gasteiger partial charge in [0.25, 0.3) is 0 Å². The fraction of sp³-hybridized carbons (Fsp3) is 0.933. The summed E-state index contributed by atoms with van der Waals surface area (Å²) in [6.45, 7) is 6.39. The maximum absolute atomic E-state index is 11.9. The number of carbonyl (C=O) groups is 1. The Kier molecular flexibility index (Phi) is 3.13. The van der Waals surface area contributed by atoms with Gasteiger partial charge in [0.15, 0.2) is 0 Å². The normalized spacial score (nSPS) is 36.1. The van der Waals surface area contributed by atoms with Crippen molar-refractivity contribution in [3.63, 3.8) is 0 Å². The SMILES string of the molecule is CC(=O)N(C1CC1)C1CC2CCC(C1)N2C(C)C. The lowest BCUT2D eigenvalue weighted by molar-refractivity contribution is -0.133. The number of hydrogen-bond donors (Lipinski definition) is 0. The van der Waals surface area contributed by atoms with Gasteiger partial charge < -0.3 is 4.90 Å². The third-order valence-electron chi connectivity index (χ3n) is 5.06. The molecule has 2 unspecified atom stereocenters. The zero-order valence-corrected chi connectivity index (χ0v) is 11.9.